The minimum atomic E-state index is -0.00500. The largest absolute Gasteiger partial charge is 0.326 e. The molecule has 0 bridgehead atoms. The van der Waals surface area contributed by atoms with Crippen molar-refractivity contribution < 1.29 is 0 Å². The first-order chi connectivity index (χ1) is 5.22. The first kappa shape index (κ1) is 10.4. The molecule has 3 nitrogen and oxygen atoms in total. The molecule has 0 fully saturated rings. The lowest BCUT2D eigenvalue weighted by molar-refractivity contribution is 0.470. The molecule has 3 heteroatoms. The fourth-order valence-electron chi connectivity index (χ4n) is 0.993. The molecule has 0 aromatic carbocycles. The molecule has 0 aliphatic heterocycles. The summed E-state index contributed by atoms with van der Waals surface area (Å²) >= 11 is 0. The van der Waals surface area contributed by atoms with Crippen LogP contribution in [-0.2, 0) is 0 Å². The van der Waals surface area contributed by atoms with Crippen molar-refractivity contribution in [2.45, 2.75) is 44.7 Å². The lowest BCUT2D eigenvalue weighted by Crippen LogP contribution is -2.41. The molecule has 0 heterocycles. The van der Waals surface area contributed by atoms with Crippen molar-refractivity contribution in [3.63, 3.8) is 0 Å². The quantitative estimate of drug-likeness (QED) is 0.615. The molecule has 0 radical (unpaired) electrons. The van der Waals surface area contributed by atoms with Crippen LogP contribution in [0.15, 0.2) is 0 Å². The van der Waals surface area contributed by atoms with E-state index in [0.717, 1.165) is 19.3 Å². The Balaban J connectivity index is 3.47. The summed E-state index contributed by atoms with van der Waals surface area (Å²) in [5.74, 6) is 0. The summed E-state index contributed by atoms with van der Waals surface area (Å²) in [6, 6.07) is 2.12. The summed E-state index contributed by atoms with van der Waals surface area (Å²) in [5, 5.41) is 8.28. The van der Waals surface area contributed by atoms with E-state index >= 15 is 0 Å². The van der Waals surface area contributed by atoms with Crippen LogP contribution in [0.1, 0.15) is 32.6 Å². The summed E-state index contributed by atoms with van der Waals surface area (Å²) in [6.45, 7) is 2.08. The Kier molecular flexibility index (Phi) is 5.81. The SMILES string of the molecule is CCCC(N)C(N)CCC#N. The Morgan fingerprint density at radius 2 is 1.82 bits per heavy atom. The molecular weight excluding hydrogens is 138 g/mol. The fraction of sp³-hybridized carbons (Fsp3) is 0.875. The Morgan fingerprint density at radius 1 is 1.27 bits per heavy atom. The molecule has 11 heavy (non-hydrogen) atoms. The molecule has 2 atom stereocenters. The van der Waals surface area contributed by atoms with Gasteiger partial charge >= 0.3 is 0 Å². The highest BCUT2D eigenvalue weighted by molar-refractivity contribution is 4.80. The monoisotopic (exact) mass is 155 g/mol. The molecule has 0 aliphatic carbocycles. The third-order valence-electron chi connectivity index (χ3n) is 1.76. The van der Waals surface area contributed by atoms with E-state index in [1.165, 1.54) is 0 Å². The normalized spacial score (nSPS) is 15.5. The third kappa shape index (κ3) is 4.77. The van der Waals surface area contributed by atoms with Crippen molar-refractivity contribution in [2.24, 2.45) is 11.5 Å². The molecule has 0 spiro atoms. The van der Waals surface area contributed by atoms with Gasteiger partial charge in [-0.05, 0) is 12.8 Å². The second-order valence-electron chi connectivity index (χ2n) is 2.81. The second kappa shape index (κ2) is 6.14. The van der Waals surface area contributed by atoms with E-state index in [0.29, 0.717) is 6.42 Å². The first-order valence-electron chi connectivity index (χ1n) is 4.10. The minimum absolute atomic E-state index is 0.00500. The third-order valence-corrected chi connectivity index (χ3v) is 1.76. The topological polar surface area (TPSA) is 75.8 Å². The number of hydrogen-bond acceptors (Lipinski definition) is 3. The van der Waals surface area contributed by atoms with Crippen molar-refractivity contribution in [2.75, 3.05) is 0 Å². The van der Waals surface area contributed by atoms with E-state index in [9.17, 15) is 0 Å². The maximum atomic E-state index is 8.28. The second-order valence-corrected chi connectivity index (χ2v) is 2.81. The molecule has 4 N–H and O–H groups in total. The van der Waals surface area contributed by atoms with Crippen LogP contribution in [0, 0.1) is 11.3 Å². The zero-order valence-electron chi connectivity index (χ0n) is 7.09. The Bertz CT molecular complexity index is 128. The van der Waals surface area contributed by atoms with Gasteiger partial charge in [0.1, 0.15) is 0 Å². The minimum Gasteiger partial charge on any atom is -0.326 e. The van der Waals surface area contributed by atoms with E-state index in [4.69, 9.17) is 16.7 Å². The van der Waals surface area contributed by atoms with Gasteiger partial charge in [0.15, 0.2) is 0 Å². The van der Waals surface area contributed by atoms with Crippen LogP contribution in [0.2, 0.25) is 0 Å². The van der Waals surface area contributed by atoms with Gasteiger partial charge in [0, 0.05) is 18.5 Å². The fourth-order valence-corrected chi connectivity index (χ4v) is 0.993. The van der Waals surface area contributed by atoms with Gasteiger partial charge in [0.25, 0.3) is 0 Å². The molecule has 0 aromatic rings. The summed E-state index contributed by atoms with van der Waals surface area (Å²) < 4.78 is 0. The van der Waals surface area contributed by atoms with Gasteiger partial charge in [-0.25, -0.2) is 0 Å². The number of nitrogens with two attached hydrogens (primary N) is 2. The average Bonchev–Trinajstić information content (AvgIpc) is 2.00. The van der Waals surface area contributed by atoms with Gasteiger partial charge in [-0.1, -0.05) is 13.3 Å². The molecule has 0 amide bonds. The molecule has 0 rings (SSSR count). The molecule has 0 saturated heterocycles. The molecule has 64 valence electrons. The zero-order valence-corrected chi connectivity index (χ0v) is 7.09. The van der Waals surface area contributed by atoms with E-state index in [-0.39, 0.29) is 12.1 Å². The highest BCUT2D eigenvalue weighted by Crippen LogP contribution is 2.02. The van der Waals surface area contributed by atoms with Crippen LogP contribution in [0.3, 0.4) is 0 Å². The molecular formula is C8H17N3. The first-order valence-corrected chi connectivity index (χ1v) is 4.10. The predicted octanol–water partition coefficient (Wildman–Crippen LogP) is 0.745. The smallest absolute Gasteiger partial charge is 0.0622 e. The van der Waals surface area contributed by atoms with Gasteiger partial charge in [-0.3, -0.25) is 0 Å². The van der Waals surface area contributed by atoms with Crippen molar-refractivity contribution >= 4 is 0 Å². The number of rotatable bonds is 5. The predicted molar refractivity (Wildman–Crippen MR) is 45.7 cm³/mol. The summed E-state index contributed by atoms with van der Waals surface area (Å²) in [5.41, 5.74) is 11.4. The van der Waals surface area contributed by atoms with Crippen LogP contribution in [0.5, 0.6) is 0 Å². The summed E-state index contributed by atoms with van der Waals surface area (Å²) in [6.07, 6.45) is 3.24. The summed E-state index contributed by atoms with van der Waals surface area (Å²) in [7, 11) is 0. The van der Waals surface area contributed by atoms with Crippen LogP contribution in [-0.4, -0.2) is 12.1 Å². The maximum Gasteiger partial charge on any atom is 0.0622 e. The highest BCUT2D eigenvalue weighted by Gasteiger charge is 2.10. The molecule has 2 unspecified atom stereocenters. The van der Waals surface area contributed by atoms with Gasteiger partial charge in [-0.15, -0.1) is 0 Å². The standard InChI is InChI=1S/C8H17N3/c1-2-4-7(10)8(11)5-3-6-9/h7-8H,2-5,10-11H2,1H3. The van der Waals surface area contributed by atoms with Crippen LogP contribution < -0.4 is 11.5 Å². The Labute approximate surface area is 68.4 Å². The maximum absolute atomic E-state index is 8.28. The highest BCUT2D eigenvalue weighted by atomic mass is 14.8. The lowest BCUT2D eigenvalue weighted by atomic mass is 10.0. The number of hydrogen-bond donors (Lipinski definition) is 2. The molecule has 0 saturated carbocycles. The van der Waals surface area contributed by atoms with E-state index in [1.807, 2.05) is 0 Å². The van der Waals surface area contributed by atoms with Gasteiger partial charge in [0.05, 0.1) is 6.07 Å². The zero-order chi connectivity index (χ0) is 8.69. The van der Waals surface area contributed by atoms with Crippen molar-refractivity contribution in [3.8, 4) is 6.07 Å². The molecule has 0 aromatic heterocycles. The summed E-state index contributed by atoms with van der Waals surface area (Å²) in [4.78, 5) is 0. The van der Waals surface area contributed by atoms with E-state index < -0.39 is 0 Å². The van der Waals surface area contributed by atoms with Crippen molar-refractivity contribution in [1.29, 1.82) is 5.26 Å². The Morgan fingerprint density at radius 3 is 2.27 bits per heavy atom. The van der Waals surface area contributed by atoms with Crippen LogP contribution in [0.25, 0.3) is 0 Å². The Hall–Kier alpha value is -0.590. The van der Waals surface area contributed by atoms with E-state index in [2.05, 4.69) is 13.0 Å². The van der Waals surface area contributed by atoms with Crippen LogP contribution >= 0.6 is 0 Å². The van der Waals surface area contributed by atoms with Gasteiger partial charge < -0.3 is 11.5 Å². The van der Waals surface area contributed by atoms with E-state index in [1.54, 1.807) is 0 Å². The number of nitrogens with zero attached hydrogens (tertiary/aromatic N) is 1. The average molecular weight is 155 g/mol. The van der Waals surface area contributed by atoms with Gasteiger partial charge in [0.2, 0.25) is 0 Å². The van der Waals surface area contributed by atoms with Crippen molar-refractivity contribution in [1.82, 2.24) is 0 Å². The number of nitriles is 1. The van der Waals surface area contributed by atoms with Crippen LogP contribution in [0.4, 0.5) is 0 Å². The van der Waals surface area contributed by atoms with Crippen molar-refractivity contribution in [3.05, 3.63) is 0 Å². The lowest BCUT2D eigenvalue weighted by Gasteiger charge is -2.17. The molecule has 0 aliphatic rings. The van der Waals surface area contributed by atoms with Gasteiger partial charge in [-0.2, -0.15) is 5.26 Å².